The molecule has 5 heteroatoms. The number of nitrogen functional groups attached to an aromatic ring is 1. The summed E-state index contributed by atoms with van der Waals surface area (Å²) >= 11 is 0. The molecular formula is C7H7F3N2. The molecule has 0 aromatic carbocycles. The van der Waals surface area contributed by atoms with E-state index in [1.807, 2.05) is 0 Å². The summed E-state index contributed by atoms with van der Waals surface area (Å²) in [5.74, 6) is -0.862. The molecule has 12 heavy (non-hydrogen) atoms. The predicted molar refractivity (Wildman–Crippen MR) is 38.4 cm³/mol. The molecule has 0 aliphatic heterocycles. The molecule has 1 heterocycles. The molecule has 0 aliphatic rings. The Kier molecular flexibility index (Phi) is 0.910. The number of hydrogen-bond donors (Lipinski definition) is 1. The monoisotopic (exact) mass is 181 g/mol. The average Bonchev–Trinajstić information content (AvgIpc) is 2.07. The predicted octanol–water partition coefficient (Wildman–Crippen LogP) is 1.99. The van der Waals surface area contributed by atoms with Crippen molar-refractivity contribution in [2.24, 2.45) is 0 Å². The third kappa shape index (κ3) is 1.87. The van der Waals surface area contributed by atoms with Crippen molar-refractivity contribution in [1.82, 2.24) is 4.98 Å². The van der Waals surface area contributed by atoms with E-state index < -0.39 is 42.2 Å². The van der Waals surface area contributed by atoms with Crippen LogP contribution in [-0.4, -0.2) is 4.98 Å². The molecule has 0 radical (unpaired) electrons. The van der Waals surface area contributed by atoms with Gasteiger partial charge in [-0.2, -0.15) is 13.2 Å². The Morgan fingerprint density at radius 1 is 1.58 bits per heavy atom. The molecule has 2 N–H and O–H groups in total. The van der Waals surface area contributed by atoms with Crippen molar-refractivity contribution in [2.45, 2.75) is 13.0 Å². The van der Waals surface area contributed by atoms with Crippen molar-refractivity contribution in [3.05, 3.63) is 23.3 Å². The molecule has 1 aromatic rings. The number of pyridine rings is 1. The average molecular weight is 181 g/mol. The molecule has 0 amide bonds. The molecular weight excluding hydrogens is 169 g/mol. The third-order valence-corrected chi connectivity index (χ3v) is 1.01. The summed E-state index contributed by atoms with van der Waals surface area (Å²) in [6, 6.07) is -2.52. The van der Waals surface area contributed by atoms with Crippen LogP contribution < -0.4 is 5.73 Å². The van der Waals surface area contributed by atoms with E-state index in [1.165, 1.54) is 0 Å². The summed E-state index contributed by atoms with van der Waals surface area (Å²) in [7, 11) is 0. The molecule has 1 aromatic heterocycles. The highest BCUT2D eigenvalue weighted by atomic mass is 19.4. The van der Waals surface area contributed by atoms with Crippen molar-refractivity contribution < 1.29 is 20.0 Å². The van der Waals surface area contributed by atoms with Gasteiger partial charge in [0.15, 0.2) is 0 Å². The summed E-state index contributed by atoms with van der Waals surface area (Å²) < 4.78 is 72.8. The lowest BCUT2D eigenvalue weighted by Gasteiger charge is -2.07. The highest BCUT2D eigenvalue weighted by Crippen LogP contribution is 2.30. The molecule has 0 bridgehead atoms. The second kappa shape index (κ2) is 2.66. The van der Waals surface area contributed by atoms with Gasteiger partial charge in [0, 0.05) is 9.81 Å². The zero-order chi connectivity index (χ0) is 13.6. The van der Waals surface area contributed by atoms with Crippen molar-refractivity contribution in [2.75, 3.05) is 5.73 Å². The molecule has 0 spiro atoms. The zero-order valence-corrected chi connectivity index (χ0v) is 5.66. The van der Waals surface area contributed by atoms with Gasteiger partial charge in [-0.15, -0.1) is 0 Å². The minimum absolute atomic E-state index is 0.862. The molecule has 0 atom stereocenters. The van der Waals surface area contributed by atoms with E-state index in [0.29, 0.717) is 0 Å². The SMILES string of the molecule is [2H]c1c(N)nc(C([2H])([2H])[2H])c([2H])c1C(F)(F)F. The maximum atomic E-state index is 12.6. The lowest BCUT2D eigenvalue weighted by Crippen LogP contribution is -2.07. The second-order valence-corrected chi connectivity index (χ2v) is 1.97. The van der Waals surface area contributed by atoms with E-state index in [9.17, 15) is 13.2 Å². The number of nitrogens with two attached hydrogens (primary N) is 1. The van der Waals surface area contributed by atoms with Crippen molar-refractivity contribution in [1.29, 1.82) is 0 Å². The van der Waals surface area contributed by atoms with Gasteiger partial charge in [-0.05, 0) is 18.9 Å². The third-order valence-electron chi connectivity index (χ3n) is 1.01. The molecule has 2 nitrogen and oxygen atoms in total. The van der Waals surface area contributed by atoms with Crippen LogP contribution >= 0.6 is 0 Å². The van der Waals surface area contributed by atoms with Crippen molar-refractivity contribution in [3.8, 4) is 0 Å². The first-order valence-electron chi connectivity index (χ1n) is 5.30. The van der Waals surface area contributed by atoms with Crippen LogP contribution in [0.5, 0.6) is 0 Å². The van der Waals surface area contributed by atoms with Crippen LogP contribution in [0.25, 0.3) is 0 Å². The van der Waals surface area contributed by atoms with Gasteiger partial charge in [0.05, 0.1) is 8.30 Å². The van der Waals surface area contributed by atoms with Crippen LogP contribution in [0, 0.1) is 6.85 Å². The summed E-state index contributed by atoms with van der Waals surface area (Å²) in [4.78, 5) is 3.16. The lowest BCUT2D eigenvalue weighted by atomic mass is 10.2. The molecule has 0 saturated heterocycles. The van der Waals surface area contributed by atoms with Crippen LogP contribution in [0.3, 0.4) is 0 Å². The normalized spacial score (nSPS) is 18.8. The van der Waals surface area contributed by atoms with Crippen LogP contribution in [0.2, 0.25) is 0 Å². The molecule has 1 rings (SSSR count). The highest BCUT2D eigenvalue weighted by molar-refractivity contribution is 5.35. The van der Waals surface area contributed by atoms with E-state index in [0.717, 1.165) is 0 Å². The van der Waals surface area contributed by atoms with Gasteiger partial charge in [-0.3, -0.25) is 0 Å². The molecule has 0 saturated carbocycles. The number of aryl methyl sites for hydroxylation is 1. The van der Waals surface area contributed by atoms with Gasteiger partial charge in [-0.25, -0.2) is 4.98 Å². The number of aromatic nitrogens is 1. The summed E-state index contributed by atoms with van der Waals surface area (Å²) in [6.45, 7) is -2.99. The Balaban J connectivity index is 3.67. The maximum absolute atomic E-state index is 12.6. The Morgan fingerprint density at radius 3 is 2.75 bits per heavy atom. The maximum Gasteiger partial charge on any atom is 0.416 e. The molecule has 0 aliphatic carbocycles. The van der Waals surface area contributed by atoms with Gasteiger partial charge < -0.3 is 5.73 Å². The fourth-order valence-corrected chi connectivity index (χ4v) is 0.596. The van der Waals surface area contributed by atoms with Gasteiger partial charge in [0.2, 0.25) is 0 Å². The summed E-state index contributed by atoms with van der Waals surface area (Å²) in [5, 5.41) is 0. The number of nitrogens with zero attached hydrogens (tertiary/aromatic N) is 1. The number of alkyl halides is 3. The van der Waals surface area contributed by atoms with E-state index in [1.54, 1.807) is 0 Å². The quantitative estimate of drug-likeness (QED) is 0.664. The molecule has 0 unspecified atom stereocenters. The van der Waals surface area contributed by atoms with Crippen LogP contribution in [-0.2, 0) is 6.18 Å². The Labute approximate surface area is 74.2 Å². The van der Waals surface area contributed by atoms with E-state index >= 15 is 0 Å². The van der Waals surface area contributed by atoms with Crippen molar-refractivity contribution >= 4 is 5.82 Å². The standard InChI is InChI=1S/C7H7F3N2/c1-4-2-5(7(8,9)10)3-6(11)12-4/h2-3H,1H3,(H2,11,12)/i1D3,2D,3D. The minimum Gasteiger partial charge on any atom is -0.384 e. The number of hydrogen-bond acceptors (Lipinski definition) is 2. The second-order valence-electron chi connectivity index (χ2n) is 1.97. The Hall–Kier alpha value is -1.26. The van der Waals surface area contributed by atoms with Crippen LogP contribution in [0.4, 0.5) is 19.0 Å². The first kappa shape index (κ1) is 4.11. The first-order chi connectivity index (χ1) is 7.46. The smallest absolute Gasteiger partial charge is 0.384 e. The highest BCUT2D eigenvalue weighted by Gasteiger charge is 2.30. The van der Waals surface area contributed by atoms with Gasteiger partial charge in [0.25, 0.3) is 0 Å². The summed E-state index contributed by atoms with van der Waals surface area (Å²) in [6.07, 6.45) is -5.02. The van der Waals surface area contributed by atoms with Gasteiger partial charge in [-0.1, -0.05) is 0 Å². The first-order valence-corrected chi connectivity index (χ1v) is 2.80. The fraction of sp³-hybridized carbons (Fsp3) is 0.286. The van der Waals surface area contributed by atoms with E-state index in [-0.39, 0.29) is 0 Å². The van der Waals surface area contributed by atoms with Crippen LogP contribution in [0.15, 0.2) is 12.1 Å². The fourth-order valence-electron chi connectivity index (χ4n) is 0.596. The lowest BCUT2D eigenvalue weighted by molar-refractivity contribution is -0.137. The van der Waals surface area contributed by atoms with Gasteiger partial charge in [0.1, 0.15) is 5.82 Å². The number of halogens is 3. The number of anilines is 1. The minimum atomic E-state index is -5.02. The van der Waals surface area contributed by atoms with Gasteiger partial charge >= 0.3 is 6.18 Å². The molecule has 66 valence electrons. The van der Waals surface area contributed by atoms with E-state index in [4.69, 9.17) is 12.6 Å². The molecule has 0 fully saturated rings. The Bertz CT molecular complexity index is 454. The summed E-state index contributed by atoms with van der Waals surface area (Å²) in [5.41, 5.74) is 2.31. The Morgan fingerprint density at radius 2 is 2.25 bits per heavy atom. The topological polar surface area (TPSA) is 38.9 Å². The number of rotatable bonds is 0. The van der Waals surface area contributed by atoms with Crippen LogP contribution in [0.1, 0.15) is 18.1 Å². The largest absolute Gasteiger partial charge is 0.416 e. The van der Waals surface area contributed by atoms with Crippen molar-refractivity contribution in [3.63, 3.8) is 0 Å². The zero-order valence-electron chi connectivity index (χ0n) is 10.7. The van der Waals surface area contributed by atoms with E-state index in [2.05, 4.69) is 4.98 Å².